The number of hydrogen-bond acceptors (Lipinski definition) is 3. The number of piperidine rings is 1. The van der Waals surface area contributed by atoms with Crippen molar-refractivity contribution in [2.75, 3.05) is 19.6 Å². The second-order valence-corrected chi connectivity index (χ2v) is 8.61. The largest absolute Gasteiger partial charge is 0.330 e. The van der Waals surface area contributed by atoms with Crippen molar-refractivity contribution in [1.82, 2.24) is 20.0 Å². The molecule has 0 aliphatic carbocycles. The second kappa shape index (κ2) is 9.60. The maximum Gasteiger partial charge on any atom is 0.275 e. The van der Waals surface area contributed by atoms with Gasteiger partial charge in [0.25, 0.3) is 5.91 Å². The molecule has 5 nitrogen and oxygen atoms in total. The highest BCUT2D eigenvalue weighted by Gasteiger charge is 2.30. The molecule has 164 valence electrons. The molecule has 4 rings (SSSR count). The summed E-state index contributed by atoms with van der Waals surface area (Å²) in [5.74, 6) is -0.326. The summed E-state index contributed by atoms with van der Waals surface area (Å²) in [6, 6.07) is 12.6. The molecule has 6 heteroatoms. The number of unbranched alkanes of at least 4 members (excludes halogenated alkanes) is 1. The molecule has 0 spiro atoms. The van der Waals surface area contributed by atoms with E-state index < -0.39 is 0 Å². The zero-order valence-corrected chi connectivity index (χ0v) is 18.4. The number of aromatic amines is 1. The molecular weight excluding hydrogens is 391 g/mol. The minimum atomic E-state index is -0.264. The Morgan fingerprint density at radius 1 is 1.19 bits per heavy atom. The number of carbonyl (C=O) groups excluding carboxylic acids is 1. The van der Waals surface area contributed by atoms with Crippen molar-refractivity contribution in [1.29, 1.82) is 0 Å². The van der Waals surface area contributed by atoms with E-state index in [1.54, 1.807) is 12.1 Å². The average molecular weight is 423 g/mol. The van der Waals surface area contributed by atoms with Crippen LogP contribution in [-0.2, 0) is 6.54 Å². The molecule has 3 aromatic rings. The lowest BCUT2D eigenvalue weighted by atomic mass is 10.0. The van der Waals surface area contributed by atoms with Crippen LogP contribution >= 0.6 is 0 Å². The molecule has 0 unspecified atom stereocenters. The van der Waals surface area contributed by atoms with Crippen molar-refractivity contribution in [3.05, 3.63) is 65.1 Å². The van der Waals surface area contributed by atoms with E-state index in [0.29, 0.717) is 12.2 Å². The van der Waals surface area contributed by atoms with Crippen molar-refractivity contribution in [3.63, 3.8) is 0 Å². The summed E-state index contributed by atoms with van der Waals surface area (Å²) in [6.07, 6.45) is 4.29. The molecule has 1 aromatic heterocycles. The number of carbonyl (C=O) groups is 1. The first-order chi connectivity index (χ1) is 15.0. The van der Waals surface area contributed by atoms with Crippen LogP contribution in [0.2, 0.25) is 0 Å². The van der Waals surface area contributed by atoms with E-state index >= 15 is 0 Å². The molecule has 0 saturated carbocycles. The molecule has 0 bridgehead atoms. The number of halogens is 1. The van der Waals surface area contributed by atoms with Gasteiger partial charge in [0.1, 0.15) is 5.82 Å². The molecule has 31 heavy (non-hydrogen) atoms. The highest BCUT2D eigenvalue weighted by molar-refractivity contribution is 6.04. The van der Waals surface area contributed by atoms with Crippen molar-refractivity contribution in [2.45, 2.75) is 52.1 Å². The Morgan fingerprint density at radius 3 is 2.65 bits per heavy atom. The molecular formula is C25H31FN4O. The van der Waals surface area contributed by atoms with Crippen molar-refractivity contribution in [3.8, 4) is 0 Å². The summed E-state index contributed by atoms with van der Waals surface area (Å²) in [5.41, 5.74) is 3.36. The number of amides is 1. The predicted octanol–water partition coefficient (Wildman–Crippen LogP) is 4.92. The number of fused-ring (bicyclic) bond motifs is 1. The lowest BCUT2D eigenvalue weighted by molar-refractivity contribution is 0.0545. The summed E-state index contributed by atoms with van der Waals surface area (Å²) in [7, 11) is 0. The van der Waals surface area contributed by atoms with Crippen LogP contribution in [0.4, 0.5) is 4.39 Å². The van der Waals surface area contributed by atoms with Gasteiger partial charge >= 0.3 is 0 Å². The van der Waals surface area contributed by atoms with E-state index in [1.165, 1.54) is 25.0 Å². The molecule has 1 aliphatic heterocycles. The van der Waals surface area contributed by atoms with Gasteiger partial charge < -0.3 is 9.80 Å². The van der Waals surface area contributed by atoms with E-state index in [4.69, 9.17) is 0 Å². The second-order valence-electron chi connectivity index (χ2n) is 8.61. The molecule has 1 fully saturated rings. The van der Waals surface area contributed by atoms with Crippen molar-refractivity contribution in [2.24, 2.45) is 0 Å². The number of rotatable bonds is 7. The number of nitrogens with zero attached hydrogens (tertiary/aromatic N) is 3. The number of hydrogen-bond donors (Lipinski definition) is 1. The van der Waals surface area contributed by atoms with Crippen molar-refractivity contribution < 1.29 is 9.18 Å². The van der Waals surface area contributed by atoms with Crippen LogP contribution < -0.4 is 0 Å². The van der Waals surface area contributed by atoms with Gasteiger partial charge in [-0.05, 0) is 62.6 Å². The average Bonchev–Trinajstić information content (AvgIpc) is 3.20. The normalized spacial score (nSPS) is 15.5. The molecule has 1 amide bonds. The van der Waals surface area contributed by atoms with Gasteiger partial charge in [0.15, 0.2) is 5.69 Å². The van der Waals surface area contributed by atoms with E-state index in [-0.39, 0.29) is 17.8 Å². The van der Waals surface area contributed by atoms with Gasteiger partial charge in [-0.15, -0.1) is 0 Å². The standard InChI is InChI=1S/C25H31FN4O/c1-3-4-13-29-14-11-21(12-15-29)30(17-19-6-8-20(26)9-7-19)25(31)24-22-16-18(2)5-10-23(22)27-28-24/h5-10,16,21H,3-4,11-15,17H2,1-2H3,(H,27,28). The third kappa shape index (κ3) is 4.96. The summed E-state index contributed by atoms with van der Waals surface area (Å²) in [4.78, 5) is 18.2. The first-order valence-electron chi connectivity index (χ1n) is 11.3. The summed E-state index contributed by atoms with van der Waals surface area (Å²) in [5, 5.41) is 8.23. The fourth-order valence-electron chi connectivity index (χ4n) is 4.42. The lowest BCUT2D eigenvalue weighted by Crippen LogP contribution is -2.47. The van der Waals surface area contributed by atoms with Gasteiger partial charge in [0, 0.05) is 31.1 Å². The molecule has 0 atom stereocenters. The smallest absolute Gasteiger partial charge is 0.275 e. The van der Waals surface area contributed by atoms with Gasteiger partial charge in [0.2, 0.25) is 0 Å². The fourth-order valence-corrected chi connectivity index (χ4v) is 4.42. The van der Waals surface area contributed by atoms with Crippen molar-refractivity contribution >= 4 is 16.8 Å². The van der Waals surface area contributed by atoms with E-state index in [0.717, 1.165) is 54.5 Å². The van der Waals surface area contributed by atoms with Crippen LogP contribution in [0.15, 0.2) is 42.5 Å². The van der Waals surface area contributed by atoms with Crippen LogP contribution in [0.25, 0.3) is 10.9 Å². The van der Waals surface area contributed by atoms with E-state index in [2.05, 4.69) is 22.0 Å². The Hall–Kier alpha value is -2.73. The first-order valence-corrected chi connectivity index (χ1v) is 11.3. The molecule has 1 N–H and O–H groups in total. The Bertz CT molecular complexity index is 1020. The Morgan fingerprint density at radius 2 is 1.94 bits per heavy atom. The third-order valence-electron chi connectivity index (χ3n) is 6.27. The van der Waals surface area contributed by atoms with Gasteiger partial charge in [-0.1, -0.05) is 37.1 Å². The number of likely N-dealkylation sites (tertiary alicyclic amines) is 1. The van der Waals surface area contributed by atoms with Crippen LogP contribution in [0.5, 0.6) is 0 Å². The number of aromatic nitrogens is 2. The number of aryl methyl sites for hydroxylation is 1. The zero-order valence-electron chi connectivity index (χ0n) is 18.4. The Kier molecular flexibility index (Phi) is 6.66. The lowest BCUT2D eigenvalue weighted by Gasteiger charge is -2.38. The van der Waals surface area contributed by atoms with Crippen LogP contribution in [0.1, 0.15) is 54.2 Å². The van der Waals surface area contributed by atoms with Gasteiger partial charge in [-0.2, -0.15) is 5.10 Å². The predicted molar refractivity (Wildman–Crippen MR) is 121 cm³/mol. The van der Waals surface area contributed by atoms with Gasteiger partial charge in [-0.25, -0.2) is 4.39 Å². The number of H-pyrrole nitrogens is 1. The summed E-state index contributed by atoms with van der Waals surface area (Å²) < 4.78 is 13.4. The first kappa shape index (κ1) is 21.5. The molecule has 2 aromatic carbocycles. The van der Waals surface area contributed by atoms with Gasteiger partial charge in [0.05, 0.1) is 5.52 Å². The summed E-state index contributed by atoms with van der Waals surface area (Å²) in [6.45, 7) is 7.81. The maximum atomic E-state index is 13.7. The molecule has 1 aliphatic rings. The highest BCUT2D eigenvalue weighted by atomic mass is 19.1. The fraction of sp³-hybridized carbons (Fsp3) is 0.440. The van der Waals surface area contributed by atoms with Crippen LogP contribution in [0.3, 0.4) is 0 Å². The maximum absolute atomic E-state index is 13.7. The van der Waals surface area contributed by atoms with Crippen LogP contribution in [0, 0.1) is 12.7 Å². The van der Waals surface area contributed by atoms with E-state index in [9.17, 15) is 9.18 Å². The molecule has 2 heterocycles. The van der Waals surface area contributed by atoms with Crippen LogP contribution in [-0.4, -0.2) is 51.6 Å². The number of benzene rings is 2. The SMILES string of the molecule is CCCCN1CCC(N(Cc2ccc(F)cc2)C(=O)c2n[nH]c3ccc(C)cc23)CC1. The summed E-state index contributed by atoms with van der Waals surface area (Å²) >= 11 is 0. The quantitative estimate of drug-likeness (QED) is 0.588. The minimum absolute atomic E-state index is 0.0619. The minimum Gasteiger partial charge on any atom is -0.330 e. The zero-order chi connectivity index (χ0) is 21.8. The third-order valence-corrected chi connectivity index (χ3v) is 6.27. The number of nitrogens with one attached hydrogen (secondary N) is 1. The molecule has 1 saturated heterocycles. The Balaban J connectivity index is 1.59. The topological polar surface area (TPSA) is 52.2 Å². The highest BCUT2D eigenvalue weighted by Crippen LogP contribution is 2.25. The molecule has 0 radical (unpaired) electrons. The van der Waals surface area contributed by atoms with Gasteiger partial charge in [-0.3, -0.25) is 9.89 Å². The Labute approximate surface area is 183 Å². The monoisotopic (exact) mass is 422 g/mol. The van der Waals surface area contributed by atoms with E-state index in [1.807, 2.05) is 30.0 Å².